The second-order valence-corrected chi connectivity index (χ2v) is 5.39. The van der Waals surface area contributed by atoms with Crippen molar-refractivity contribution < 1.29 is 4.79 Å². The average Bonchev–Trinajstić information content (AvgIpc) is 2.69. The highest BCUT2D eigenvalue weighted by Gasteiger charge is 2.67. The Labute approximate surface area is 97.8 Å². The summed E-state index contributed by atoms with van der Waals surface area (Å²) in [7, 11) is 0. The van der Waals surface area contributed by atoms with Crippen LogP contribution in [-0.4, -0.2) is 15.2 Å². The maximum absolute atomic E-state index is 11.8. The van der Waals surface area contributed by atoms with Gasteiger partial charge in [0.05, 0.1) is 5.41 Å². The van der Waals surface area contributed by atoms with E-state index in [1.54, 1.807) is 31.5 Å². The van der Waals surface area contributed by atoms with E-state index in [-0.39, 0.29) is 5.91 Å². The smallest absolute Gasteiger partial charge is 0.233 e. The molecule has 1 aromatic rings. The molecular weight excluding hydrogens is 235 g/mol. The number of carbonyl (C=O) groups is 1. The molecule has 1 saturated carbocycles. The second-order valence-electron chi connectivity index (χ2n) is 3.90. The van der Waals surface area contributed by atoms with Gasteiger partial charge in [0.15, 0.2) is 0 Å². The number of alkyl halides is 2. The van der Waals surface area contributed by atoms with Crippen LogP contribution in [0.15, 0.2) is 24.5 Å². The Kier molecular flexibility index (Phi) is 2.40. The molecule has 0 aliphatic heterocycles. The minimum absolute atomic E-state index is 0.154. The molecule has 0 aromatic carbocycles. The molecule has 1 aliphatic carbocycles. The van der Waals surface area contributed by atoms with Crippen molar-refractivity contribution in [2.75, 3.05) is 5.32 Å². The molecule has 0 spiro atoms. The Morgan fingerprint density at radius 1 is 1.47 bits per heavy atom. The van der Waals surface area contributed by atoms with E-state index >= 15 is 0 Å². The summed E-state index contributed by atoms with van der Waals surface area (Å²) in [6, 6.07) is 3.43. The number of amides is 1. The zero-order chi connectivity index (χ0) is 11.1. The first kappa shape index (κ1) is 10.7. The number of nitrogens with one attached hydrogen (secondary N) is 1. The van der Waals surface area contributed by atoms with Crippen LogP contribution in [0.2, 0.25) is 0 Å². The quantitative estimate of drug-likeness (QED) is 0.813. The zero-order valence-electron chi connectivity index (χ0n) is 8.13. The lowest BCUT2D eigenvalue weighted by molar-refractivity contribution is -0.120. The lowest BCUT2D eigenvalue weighted by Gasteiger charge is -2.12. The summed E-state index contributed by atoms with van der Waals surface area (Å²) in [6.45, 7) is 1.75. The van der Waals surface area contributed by atoms with Crippen molar-refractivity contribution in [1.82, 2.24) is 4.98 Å². The van der Waals surface area contributed by atoms with Gasteiger partial charge in [-0.25, -0.2) is 0 Å². The number of halogens is 2. The van der Waals surface area contributed by atoms with Crippen molar-refractivity contribution in [2.45, 2.75) is 17.7 Å². The van der Waals surface area contributed by atoms with Crippen molar-refractivity contribution in [1.29, 1.82) is 0 Å². The standard InChI is InChI=1S/C10H10Cl2N2O/c1-9(6-10(9,11)12)8(15)14-7-2-4-13-5-3-7/h2-5H,6H2,1H3,(H,13,14,15)/t9-/m1/s1. The SMILES string of the molecule is C[C@]1(C(=O)Nc2ccncc2)CC1(Cl)Cl. The van der Waals surface area contributed by atoms with Gasteiger partial charge in [0.1, 0.15) is 4.33 Å². The number of anilines is 1. The maximum Gasteiger partial charge on any atom is 0.233 e. The number of carbonyl (C=O) groups excluding carboxylic acids is 1. The van der Waals surface area contributed by atoms with Gasteiger partial charge in [0.2, 0.25) is 5.91 Å². The van der Waals surface area contributed by atoms with E-state index < -0.39 is 9.75 Å². The van der Waals surface area contributed by atoms with Gasteiger partial charge in [0, 0.05) is 18.1 Å². The predicted molar refractivity (Wildman–Crippen MR) is 60.0 cm³/mol. The maximum atomic E-state index is 11.8. The minimum Gasteiger partial charge on any atom is -0.325 e. The molecule has 1 heterocycles. The molecular formula is C10H10Cl2N2O. The fourth-order valence-electron chi connectivity index (χ4n) is 1.35. The number of pyridine rings is 1. The fourth-order valence-corrected chi connectivity index (χ4v) is 2.06. The Balaban J connectivity index is 2.07. The molecule has 80 valence electrons. The van der Waals surface area contributed by atoms with Gasteiger partial charge < -0.3 is 5.32 Å². The molecule has 0 unspecified atom stereocenters. The summed E-state index contributed by atoms with van der Waals surface area (Å²) in [5.41, 5.74) is 0.0200. The van der Waals surface area contributed by atoms with E-state index in [9.17, 15) is 4.79 Å². The highest BCUT2D eigenvalue weighted by atomic mass is 35.5. The van der Waals surface area contributed by atoms with Crippen molar-refractivity contribution in [3.63, 3.8) is 0 Å². The van der Waals surface area contributed by atoms with Crippen molar-refractivity contribution >= 4 is 34.8 Å². The molecule has 1 aliphatic rings. The van der Waals surface area contributed by atoms with Crippen LogP contribution in [0.4, 0.5) is 5.69 Å². The first-order valence-corrected chi connectivity index (χ1v) is 5.31. The van der Waals surface area contributed by atoms with E-state index in [1.807, 2.05) is 0 Å². The van der Waals surface area contributed by atoms with Crippen molar-refractivity contribution in [3.8, 4) is 0 Å². The van der Waals surface area contributed by atoms with Gasteiger partial charge >= 0.3 is 0 Å². The van der Waals surface area contributed by atoms with Crippen LogP contribution in [0.25, 0.3) is 0 Å². The Hall–Kier alpha value is -0.800. The summed E-state index contributed by atoms with van der Waals surface area (Å²) in [4.78, 5) is 15.7. The highest BCUT2D eigenvalue weighted by molar-refractivity contribution is 6.53. The molecule has 1 aromatic heterocycles. The molecule has 0 bridgehead atoms. The lowest BCUT2D eigenvalue weighted by Crippen LogP contribution is -2.25. The van der Waals surface area contributed by atoms with Gasteiger partial charge in [-0.15, -0.1) is 23.2 Å². The van der Waals surface area contributed by atoms with Crippen molar-refractivity contribution in [3.05, 3.63) is 24.5 Å². The van der Waals surface area contributed by atoms with E-state index in [0.717, 1.165) is 0 Å². The number of aromatic nitrogens is 1. The second kappa shape index (κ2) is 3.35. The average molecular weight is 245 g/mol. The molecule has 3 nitrogen and oxygen atoms in total. The van der Waals surface area contributed by atoms with Crippen molar-refractivity contribution in [2.24, 2.45) is 5.41 Å². The Morgan fingerprint density at radius 3 is 2.47 bits per heavy atom. The van der Waals surface area contributed by atoms with Crippen LogP contribution in [-0.2, 0) is 4.79 Å². The Morgan fingerprint density at radius 2 is 2.00 bits per heavy atom. The van der Waals surface area contributed by atoms with E-state index in [0.29, 0.717) is 12.1 Å². The van der Waals surface area contributed by atoms with Gasteiger partial charge in [-0.2, -0.15) is 0 Å². The molecule has 15 heavy (non-hydrogen) atoms. The number of rotatable bonds is 2. The lowest BCUT2D eigenvalue weighted by atomic mass is 10.1. The Bertz CT molecular complexity index is 394. The predicted octanol–water partition coefficient (Wildman–Crippen LogP) is 2.60. The molecule has 5 heteroatoms. The monoisotopic (exact) mass is 244 g/mol. The van der Waals surface area contributed by atoms with Crippen LogP contribution in [0, 0.1) is 5.41 Å². The summed E-state index contributed by atoms with van der Waals surface area (Å²) in [5, 5.41) is 2.75. The molecule has 0 radical (unpaired) electrons. The molecule has 1 fully saturated rings. The number of hydrogen-bond acceptors (Lipinski definition) is 2. The van der Waals surface area contributed by atoms with E-state index in [2.05, 4.69) is 10.3 Å². The normalized spacial score (nSPS) is 27.1. The van der Waals surface area contributed by atoms with Gasteiger partial charge in [0.25, 0.3) is 0 Å². The first-order valence-electron chi connectivity index (χ1n) is 4.55. The largest absolute Gasteiger partial charge is 0.325 e. The van der Waals surface area contributed by atoms with E-state index in [4.69, 9.17) is 23.2 Å². The highest BCUT2D eigenvalue weighted by Crippen LogP contribution is 2.64. The van der Waals surface area contributed by atoms with Crippen LogP contribution >= 0.6 is 23.2 Å². The third-order valence-corrected chi connectivity index (χ3v) is 3.80. The molecule has 1 N–H and O–H groups in total. The van der Waals surface area contributed by atoms with E-state index in [1.165, 1.54) is 0 Å². The summed E-state index contributed by atoms with van der Waals surface area (Å²) in [5.74, 6) is -0.154. The summed E-state index contributed by atoms with van der Waals surface area (Å²) in [6.07, 6.45) is 3.71. The van der Waals surface area contributed by atoms with Gasteiger partial charge in [-0.05, 0) is 25.5 Å². The van der Waals surface area contributed by atoms with Gasteiger partial charge in [-0.3, -0.25) is 9.78 Å². The number of nitrogens with zero attached hydrogens (tertiary/aromatic N) is 1. The molecule has 1 atom stereocenters. The topological polar surface area (TPSA) is 42.0 Å². The zero-order valence-corrected chi connectivity index (χ0v) is 9.64. The van der Waals surface area contributed by atoms with Crippen LogP contribution in [0.1, 0.15) is 13.3 Å². The van der Waals surface area contributed by atoms with Crippen LogP contribution in [0.3, 0.4) is 0 Å². The third-order valence-electron chi connectivity index (χ3n) is 2.70. The molecule has 2 rings (SSSR count). The van der Waals surface area contributed by atoms with Crippen LogP contribution < -0.4 is 5.32 Å². The first-order chi connectivity index (χ1) is 6.96. The van der Waals surface area contributed by atoms with Gasteiger partial charge in [-0.1, -0.05) is 0 Å². The minimum atomic E-state index is -0.926. The fraction of sp³-hybridized carbons (Fsp3) is 0.400. The number of hydrogen-bond donors (Lipinski definition) is 1. The molecule has 1 amide bonds. The molecule has 0 saturated heterocycles. The summed E-state index contributed by atoms with van der Waals surface area (Å²) < 4.78 is -0.926. The third kappa shape index (κ3) is 1.82. The summed E-state index contributed by atoms with van der Waals surface area (Å²) >= 11 is 11.8. The van der Waals surface area contributed by atoms with Crippen LogP contribution in [0.5, 0.6) is 0 Å².